The minimum absolute atomic E-state index is 0.00425. The molecule has 7 nitrogen and oxygen atoms in total. The lowest BCUT2D eigenvalue weighted by Gasteiger charge is -2.31. The van der Waals surface area contributed by atoms with Crippen LogP contribution in [-0.2, 0) is 14.3 Å². The molecule has 0 saturated heterocycles. The fourth-order valence-corrected chi connectivity index (χ4v) is 5.87. The van der Waals surface area contributed by atoms with E-state index in [9.17, 15) is 19.5 Å². The lowest BCUT2D eigenvalue weighted by atomic mass is 9.90. The van der Waals surface area contributed by atoms with Crippen LogP contribution in [0, 0.1) is 11.8 Å². The normalized spacial score (nSPS) is 22.5. The summed E-state index contributed by atoms with van der Waals surface area (Å²) in [4.78, 5) is 36.8. The lowest BCUT2D eigenvalue weighted by Crippen LogP contribution is -2.51. The molecule has 2 amide bonds. The quantitative estimate of drug-likeness (QED) is 0.522. The summed E-state index contributed by atoms with van der Waals surface area (Å²) in [5.74, 6) is -1.03. The Morgan fingerprint density at radius 2 is 1.60 bits per heavy atom. The zero-order chi connectivity index (χ0) is 24.6. The fourth-order valence-electron chi connectivity index (χ4n) is 5.87. The number of ether oxygens (including phenoxy) is 1. The summed E-state index contributed by atoms with van der Waals surface area (Å²) < 4.78 is 5.65. The van der Waals surface area contributed by atoms with Crippen LogP contribution in [0.3, 0.4) is 0 Å². The van der Waals surface area contributed by atoms with Gasteiger partial charge in [-0.25, -0.2) is 4.79 Å². The van der Waals surface area contributed by atoms with Crippen LogP contribution in [0.4, 0.5) is 4.79 Å². The molecular formula is C28H32N2O5. The Hall–Kier alpha value is -3.35. The first-order chi connectivity index (χ1) is 16.8. The molecule has 3 aliphatic rings. The van der Waals surface area contributed by atoms with E-state index < -0.39 is 17.6 Å². The Morgan fingerprint density at radius 1 is 0.971 bits per heavy atom. The first kappa shape index (κ1) is 23.4. The smallest absolute Gasteiger partial charge is 0.407 e. The molecule has 5 rings (SSSR count). The third-order valence-electron chi connectivity index (χ3n) is 7.87. The number of carbonyl (C=O) groups excluding carboxylic acids is 2. The first-order valence-electron chi connectivity index (χ1n) is 12.5. The number of carboxylic acids is 1. The number of amides is 2. The van der Waals surface area contributed by atoms with Gasteiger partial charge in [0, 0.05) is 17.9 Å². The van der Waals surface area contributed by atoms with Crippen molar-refractivity contribution >= 4 is 18.0 Å². The number of benzene rings is 2. The molecule has 3 atom stereocenters. The van der Waals surface area contributed by atoms with Gasteiger partial charge in [0.1, 0.15) is 6.61 Å². The number of fused-ring (bicyclic) bond motifs is 3. The molecule has 0 radical (unpaired) electrons. The highest BCUT2D eigenvalue weighted by Crippen LogP contribution is 2.44. The van der Waals surface area contributed by atoms with Crippen molar-refractivity contribution in [2.75, 3.05) is 6.61 Å². The third-order valence-corrected chi connectivity index (χ3v) is 7.87. The van der Waals surface area contributed by atoms with Gasteiger partial charge in [-0.15, -0.1) is 0 Å². The maximum Gasteiger partial charge on any atom is 0.407 e. The number of nitrogens with one attached hydrogen (secondary N) is 2. The minimum Gasteiger partial charge on any atom is -0.481 e. The summed E-state index contributed by atoms with van der Waals surface area (Å²) in [7, 11) is 0. The Bertz CT molecular complexity index is 1100. The average Bonchev–Trinajstić information content (AvgIpc) is 3.51. The van der Waals surface area contributed by atoms with E-state index in [1.165, 1.54) is 22.3 Å². The summed E-state index contributed by atoms with van der Waals surface area (Å²) in [6.45, 7) is 2.09. The number of hydrogen-bond acceptors (Lipinski definition) is 4. The monoisotopic (exact) mass is 476 g/mol. The van der Waals surface area contributed by atoms with E-state index in [-0.39, 0.29) is 42.7 Å². The number of hydrogen-bond donors (Lipinski definition) is 3. The van der Waals surface area contributed by atoms with Gasteiger partial charge in [-0.05, 0) is 67.2 Å². The van der Waals surface area contributed by atoms with Gasteiger partial charge >= 0.3 is 12.1 Å². The molecule has 3 aliphatic carbocycles. The van der Waals surface area contributed by atoms with Crippen LogP contribution >= 0.6 is 0 Å². The van der Waals surface area contributed by atoms with Crippen molar-refractivity contribution in [1.29, 1.82) is 0 Å². The second-order valence-electron chi connectivity index (χ2n) is 10.4. The van der Waals surface area contributed by atoms with E-state index >= 15 is 0 Å². The van der Waals surface area contributed by atoms with E-state index in [0.717, 1.165) is 12.8 Å². The summed E-state index contributed by atoms with van der Waals surface area (Å²) in [6, 6.07) is 16.3. The van der Waals surface area contributed by atoms with Gasteiger partial charge in [0.05, 0.1) is 12.0 Å². The van der Waals surface area contributed by atoms with Crippen LogP contribution < -0.4 is 10.6 Å². The predicted octanol–water partition coefficient (Wildman–Crippen LogP) is 4.45. The van der Waals surface area contributed by atoms with E-state index in [1.54, 1.807) is 0 Å². The zero-order valence-corrected chi connectivity index (χ0v) is 20.0. The molecule has 184 valence electrons. The van der Waals surface area contributed by atoms with E-state index in [1.807, 2.05) is 31.2 Å². The van der Waals surface area contributed by atoms with Gasteiger partial charge in [0.15, 0.2) is 0 Å². The van der Waals surface area contributed by atoms with E-state index in [4.69, 9.17) is 4.74 Å². The fraction of sp³-hybridized carbons (Fsp3) is 0.464. The van der Waals surface area contributed by atoms with Crippen molar-refractivity contribution < 1.29 is 24.2 Å². The highest BCUT2D eigenvalue weighted by molar-refractivity contribution is 5.81. The number of carbonyl (C=O) groups is 3. The van der Waals surface area contributed by atoms with E-state index in [0.29, 0.717) is 19.3 Å². The summed E-state index contributed by atoms with van der Waals surface area (Å²) in [6.07, 6.45) is 3.24. The Labute approximate surface area is 205 Å². The second kappa shape index (κ2) is 9.36. The van der Waals surface area contributed by atoms with Gasteiger partial charge in [-0.3, -0.25) is 9.59 Å². The van der Waals surface area contributed by atoms with Gasteiger partial charge < -0.3 is 20.5 Å². The van der Waals surface area contributed by atoms with Gasteiger partial charge in [0.2, 0.25) is 5.91 Å². The van der Waals surface area contributed by atoms with Crippen LogP contribution in [0.5, 0.6) is 0 Å². The number of carboxylic acid groups (broad SMARTS) is 1. The minimum atomic E-state index is -0.902. The molecule has 35 heavy (non-hydrogen) atoms. The van der Waals surface area contributed by atoms with Crippen LogP contribution in [0.1, 0.15) is 62.5 Å². The summed E-state index contributed by atoms with van der Waals surface area (Å²) in [5.41, 5.74) is 3.99. The molecule has 2 aromatic carbocycles. The van der Waals surface area contributed by atoms with Crippen LogP contribution in [0.15, 0.2) is 48.5 Å². The molecular weight excluding hydrogens is 444 g/mol. The second-order valence-corrected chi connectivity index (χ2v) is 10.4. The van der Waals surface area contributed by atoms with Crippen molar-refractivity contribution in [3.63, 3.8) is 0 Å². The molecule has 0 aromatic heterocycles. The van der Waals surface area contributed by atoms with Crippen molar-refractivity contribution in [2.24, 2.45) is 11.8 Å². The average molecular weight is 477 g/mol. The molecule has 2 saturated carbocycles. The largest absolute Gasteiger partial charge is 0.481 e. The van der Waals surface area contributed by atoms with E-state index in [2.05, 4.69) is 34.9 Å². The summed E-state index contributed by atoms with van der Waals surface area (Å²) >= 11 is 0. The molecule has 0 spiro atoms. The molecule has 0 bridgehead atoms. The molecule has 1 unspecified atom stereocenters. The highest BCUT2D eigenvalue weighted by Gasteiger charge is 2.45. The van der Waals surface area contributed by atoms with Crippen molar-refractivity contribution in [3.8, 4) is 11.1 Å². The van der Waals surface area contributed by atoms with Gasteiger partial charge in [-0.2, -0.15) is 0 Å². The maximum absolute atomic E-state index is 12.9. The zero-order valence-electron chi connectivity index (χ0n) is 20.0. The SMILES string of the molecule is CC(CC(=O)O)(NC(=O)[C@@H]1CC[C@H](NC(=O)OCC2c3ccccc3-c3ccccc32)C1)C1CC1. The number of alkyl carbamates (subject to hydrolysis) is 1. The van der Waals surface area contributed by atoms with Gasteiger partial charge in [-0.1, -0.05) is 48.5 Å². The van der Waals surface area contributed by atoms with Crippen molar-refractivity contribution in [1.82, 2.24) is 10.6 Å². The molecule has 2 aromatic rings. The maximum atomic E-state index is 12.9. The standard InChI is InChI=1S/C28H32N2O5/c1-28(15-25(31)32,18-11-12-18)30-26(33)17-10-13-19(14-17)29-27(34)35-16-24-22-8-4-2-6-20(22)21-7-3-5-9-23(21)24/h2-9,17-19,24H,10-16H2,1H3,(H,29,34)(H,30,33)(H,31,32)/t17-,19+,28?/m1/s1. The Morgan fingerprint density at radius 3 is 2.20 bits per heavy atom. The number of rotatable bonds is 8. The molecule has 7 heteroatoms. The first-order valence-corrected chi connectivity index (χ1v) is 12.5. The molecule has 0 aliphatic heterocycles. The lowest BCUT2D eigenvalue weighted by molar-refractivity contribution is -0.139. The topological polar surface area (TPSA) is 105 Å². The van der Waals surface area contributed by atoms with Crippen molar-refractivity contribution in [3.05, 3.63) is 59.7 Å². The summed E-state index contributed by atoms with van der Waals surface area (Å²) in [5, 5.41) is 15.2. The Kier molecular flexibility index (Phi) is 6.26. The van der Waals surface area contributed by atoms with Crippen LogP contribution in [-0.4, -0.2) is 41.3 Å². The molecule has 2 fully saturated rings. The highest BCUT2D eigenvalue weighted by atomic mass is 16.5. The van der Waals surface area contributed by atoms with Crippen molar-refractivity contribution in [2.45, 2.75) is 62.9 Å². The predicted molar refractivity (Wildman–Crippen MR) is 131 cm³/mol. The Balaban J connectivity index is 1.14. The molecule has 3 N–H and O–H groups in total. The molecule has 0 heterocycles. The van der Waals surface area contributed by atoms with Crippen LogP contribution in [0.2, 0.25) is 0 Å². The van der Waals surface area contributed by atoms with Crippen LogP contribution in [0.25, 0.3) is 11.1 Å². The third kappa shape index (κ3) is 4.90. The number of aliphatic carboxylic acids is 1. The van der Waals surface area contributed by atoms with Gasteiger partial charge in [0.25, 0.3) is 0 Å².